The molecule has 0 saturated carbocycles. The second kappa shape index (κ2) is 5.95. The number of fused-ring (bicyclic) bond motifs is 3. The number of allylic oxidation sites excluding steroid dienone is 2. The number of benzene rings is 1. The van der Waals surface area contributed by atoms with Gasteiger partial charge in [-0.3, -0.25) is 4.79 Å². The average Bonchev–Trinajstić information content (AvgIpc) is 2.59. The average molecular weight is 312 g/mol. The Bertz CT molecular complexity index is 673. The van der Waals surface area contributed by atoms with Gasteiger partial charge in [-0.1, -0.05) is 19.1 Å². The Balaban J connectivity index is 2.08. The van der Waals surface area contributed by atoms with E-state index >= 15 is 0 Å². The molecule has 2 aliphatic rings. The third-order valence-electron chi connectivity index (χ3n) is 5.98. The number of methoxy groups -OCH3 is 1. The maximum atomic E-state index is 12.3. The molecule has 23 heavy (non-hydrogen) atoms. The number of ether oxygens (including phenoxy) is 1. The first-order chi connectivity index (χ1) is 11.1. The number of aldehydes is 1. The predicted molar refractivity (Wildman–Crippen MR) is 90.4 cm³/mol. The lowest BCUT2D eigenvalue weighted by Crippen LogP contribution is -2.45. The zero-order chi connectivity index (χ0) is 16.6. The molecule has 1 aromatic carbocycles. The van der Waals surface area contributed by atoms with Crippen molar-refractivity contribution in [2.24, 2.45) is 17.3 Å². The zero-order valence-corrected chi connectivity index (χ0v) is 14.1. The molecule has 1 aromatic rings. The van der Waals surface area contributed by atoms with E-state index in [2.05, 4.69) is 18.2 Å². The topological polar surface area (TPSA) is 43.4 Å². The molecule has 0 saturated heterocycles. The Kier molecular flexibility index (Phi) is 4.13. The lowest BCUT2D eigenvalue weighted by Gasteiger charge is -2.45. The molecule has 122 valence electrons. The van der Waals surface area contributed by atoms with Crippen molar-refractivity contribution in [3.63, 3.8) is 0 Å². The van der Waals surface area contributed by atoms with E-state index in [-0.39, 0.29) is 17.6 Å². The highest BCUT2D eigenvalue weighted by Gasteiger charge is 2.49. The van der Waals surface area contributed by atoms with E-state index < -0.39 is 5.41 Å². The summed E-state index contributed by atoms with van der Waals surface area (Å²) >= 11 is 0. The molecule has 0 spiro atoms. The van der Waals surface area contributed by atoms with Gasteiger partial charge in [0.1, 0.15) is 17.8 Å². The van der Waals surface area contributed by atoms with Crippen molar-refractivity contribution in [1.29, 1.82) is 0 Å². The highest BCUT2D eigenvalue weighted by molar-refractivity contribution is 5.89. The van der Waals surface area contributed by atoms with Crippen LogP contribution in [-0.2, 0) is 16.0 Å². The van der Waals surface area contributed by atoms with E-state index in [0.29, 0.717) is 6.42 Å². The number of hydrogen-bond acceptors (Lipinski definition) is 3. The standard InChI is InChI=1S/C20H24O3/c1-4-20(13(2)22)10-9-17-16-8-6-15(23-3)11-14(16)5-7-18(17)19(20)12-21/h6,8-9,11-12,18-19H,4-5,7,10H2,1-3H3/t18-,19+,20-/m1/s1. The Morgan fingerprint density at radius 2 is 2.22 bits per heavy atom. The molecular formula is C20H24O3. The third kappa shape index (κ3) is 2.34. The monoisotopic (exact) mass is 312 g/mol. The van der Waals surface area contributed by atoms with Crippen molar-refractivity contribution in [3.05, 3.63) is 35.4 Å². The van der Waals surface area contributed by atoms with Gasteiger partial charge in [0.05, 0.1) is 7.11 Å². The molecule has 0 heterocycles. The smallest absolute Gasteiger partial charge is 0.136 e. The summed E-state index contributed by atoms with van der Waals surface area (Å²) in [6.45, 7) is 3.67. The van der Waals surface area contributed by atoms with Crippen LogP contribution in [0.4, 0.5) is 0 Å². The van der Waals surface area contributed by atoms with Crippen LogP contribution in [0.3, 0.4) is 0 Å². The van der Waals surface area contributed by atoms with Crippen LogP contribution in [0.1, 0.15) is 44.2 Å². The van der Waals surface area contributed by atoms with E-state index in [0.717, 1.165) is 31.3 Å². The van der Waals surface area contributed by atoms with Gasteiger partial charge in [-0.15, -0.1) is 0 Å². The van der Waals surface area contributed by atoms with Gasteiger partial charge in [-0.2, -0.15) is 0 Å². The number of Topliss-reactive ketones (excluding diaryl/α,β-unsaturated/α-hetero) is 1. The minimum Gasteiger partial charge on any atom is -0.497 e. The number of carbonyl (C=O) groups excluding carboxylic acids is 2. The van der Waals surface area contributed by atoms with E-state index in [1.807, 2.05) is 13.0 Å². The molecule has 3 nitrogen and oxygen atoms in total. The zero-order valence-electron chi connectivity index (χ0n) is 14.1. The molecule has 0 bridgehead atoms. The Labute approximate surface area is 137 Å². The largest absolute Gasteiger partial charge is 0.497 e. The van der Waals surface area contributed by atoms with Gasteiger partial charge in [-0.05, 0) is 67.4 Å². The van der Waals surface area contributed by atoms with Gasteiger partial charge >= 0.3 is 0 Å². The maximum Gasteiger partial charge on any atom is 0.136 e. The Morgan fingerprint density at radius 3 is 2.83 bits per heavy atom. The first kappa shape index (κ1) is 16.0. The molecule has 0 amide bonds. The number of aryl methyl sites for hydroxylation is 1. The molecule has 3 heteroatoms. The first-order valence-electron chi connectivity index (χ1n) is 8.41. The van der Waals surface area contributed by atoms with Crippen molar-refractivity contribution >= 4 is 17.6 Å². The summed E-state index contributed by atoms with van der Waals surface area (Å²) in [5.74, 6) is 0.969. The van der Waals surface area contributed by atoms with E-state index in [1.54, 1.807) is 14.0 Å². The normalized spacial score (nSPS) is 29.1. The molecule has 0 aromatic heterocycles. The molecule has 0 radical (unpaired) electrons. The molecule has 0 aliphatic heterocycles. The summed E-state index contributed by atoms with van der Waals surface area (Å²) in [4.78, 5) is 24.2. The van der Waals surface area contributed by atoms with E-state index in [1.165, 1.54) is 16.7 Å². The SMILES string of the molecule is CC[C@]1(C(C)=O)CC=C2c3ccc(OC)cc3CC[C@H]2[C@@H]1C=O. The minimum atomic E-state index is -0.514. The fourth-order valence-corrected chi connectivity index (χ4v) is 4.53. The molecule has 0 N–H and O–H groups in total. The van der Waals surface area contributed by atoms with Crippen LogP contribution in [0.25, 0.3) is 5.57 Å². The van der Waals surface area contributed by atoms with Gasteiger partial charge in [-0.25, -0.2) is 0 Å². The highest BCUT2D eigenvalue weighted by atomic mass is 16.5. The van der Waals surface area contributed by atoms with Gasteiger partial charge in [0, 0.05) is 11.3 Å². The molecule has 3 rings (SSSR count). The molecule has 0 unspecified atom stereocenters. The van der Waals surface area contributed by atoms with Crippen molar-refractivity contribution in [3.8, 4) is 5.75 Å². The molecule has 0 fully saturated rings. The predicted octanol–water partition coefficient (Wildman–Crippen LogP) is 3.85. The third-order valence-corrected chi connectivity index (χ3v) is 5.98. The Morgan fingerprint density at radius 1 is 1.43 bits per heavy atom. The van der Waals surface area contributed by atoms with Crippen LogP contribution in [0, 0.1) is 17.3 Å². The Hall–Kier alpha value is -1.90. The van der Waals surface area contributed by atoms with Crippen LogP contribution in [0.5, 0.6) is 5.75 Å². The van der Waals surface area contributed by atoms with Gasteiger partial charge in [0.25, 0.3) is 0 Å². The van der Waals surface area contributed by atoms with E-state index in [9.17, 15) is 9.59 Å². The summed E-state index contributed by atoms with van der Waals surface area (Å²) in [5, 5.41) is 0. The first-order valence-corrected chi connectivity index (χ1v) is 8.41. The summed E-state index contributed by atoms with van der Waals surface area (Å²) in [6, 6.07) is 6.17. The van der Waals surface area contributed by atoms with Crippen LogP contribution in [-0.4, -0.2) is 19.2 Å². The van der Waals surface area contributed by atoms with E-state index in [4.69, 9.17) is 4.74 Å². The highest BCUT2D eigenvalue weighted by Crippen LogP contribution is 2.52. The summed E-state index contributed by atoms with van der Waals surface area (Å²) in [5.41, 5.74) is 3.24. The van der Waals surface area contributed by atoms with Crippen molar-refractivity contribution in [2.45, 2.75) is 39.5 Å². The molecule has 3 atom stereocenters. The van der Waals surface area contributed by atoms with Crippen LogP contribution in [0.15, 0.2) is 24.3 Å². The van der Waals surface area contributed by atoms with Gasteiger partial charge in [0.2, 0.25) is 0 Å². The number of ketones is 1. The summed E-state index contributed by atoms with van der Waals surface area (Å²) in [6.07, 6.45) is 6.49. The second-order valence-corrected chi connectivity index (χ2v) is 6.76. The second-order valence-electron chi connectivity index (χ2n) is 6.76. The summed E-state index contributed by atoms with van der Waals surface area (Å²) < 4.78 is 5.32. The van der Waals surface area contributed by atoms with Crippen LogP contribution < -0.4 is 4.74 Å². The maximum absolute atomic E-state index is 12.3. The summed E-state index contributed by atoms with van der Waals surface area (Å²) in [7, 11) is 1.68. The molecule has 2 aliphatic carbocycles. The number of carbonyl (C=O) groups is 2. The van der Waals surface area contributed by atoms with Crippen molar-refractivity contribution in [1.82, 2.24) is 0 Å². The lowest BCUT2D eigenvalue weighted by atomic mass is 9.56. The fraction of sp³-hybridized carbons (Fsp3) is 0.500. The fourth-order valence-electron chi connectivity index (χ4n) is 4.53. The van der Waals surface area contributed by atoms with Crippen molar-refractivity contribution in [2.75, 3.05) is 7.11 Å². The molecular weight excluding hydrogens is 288 g/mol. The van der Waals surface area contributed by atoms with Crippen LogP contribution in [0.2, 0.25) is 0 Å². The van der Waals surface area contributed by atoms with Gasteiger partial charge < -0.3 is 9.53 Å². The minimum absolute atomic E-state index is 0.146. The quantitative estimate of drug-likeness (QED) is 0.793. The lowest BCUT2D eigenvalue weighted by molar-refractivity contribution is -0.136. The number of rotatable bonds is 4. The van der Waals surface area contributed by atoms with Crippen molar-refractivity contribution < 1.29 is 14.3 Å². The van der Waals surface area contributed by atoms with Gasteiger partial charge in [0.15, 0.2) is 0 Å². The van der Waals surface area contributed by atoms with Crippen LogP contribution >= 0.6 is 0 Å². The number of hydrogen-bond donors (Lipinski definition) is 0.